The van der Waals surface area contributed by atoms with Gasteiger partial charge in [-0.3, -0.25) is 0 Å². The molecule has 98 valence electrons. The summed E-state index contributed by atoms with van der Waals surface area (Å²) in [5.41, 5.74) is 8.41. The molecule has 3 rings (SSSR count). The summed E-state index contributed by atoms with van der Waals surface area (Å²) in [6.45, 7) is 2.36. The van der Waals surface area contributed by atoms with E-state index >= 15 is 0 Å². The first kappa shape index (κ1) is 12.1. The van der Waals surface area contributed by atoms with Crippen LogP contribution in [0.25, 0.3) is 11.0 Å². The molecule has 3 nitrogen and oxygen atoms in total. The largest absolute Gasteiger partial charge is 0.369 e. The lowest BCUT2D eigenvalue weighted by atomic mass is 10.2. The summed E-state index contributed by atoms with van der Waals surface area (Å²) in [5, 5.41) is 3.97. The Labute approximate surface area is 112 Å². The van der Waals surface area contributed by atoms with E-state index in [-0.39, 0.29) is 11.5 Å². The molecule has 1 aromatic carbocycles. The molecule has 0 atom stereocenters. The van der Waals surface area contributed by atoms with Crippen molar-refractivity contribution in [1.29, 1.82) is 0 Å². The fraction of sp³-hybridized carbons (Fsp3) is 0.154. The minimum atomic E-state index is -0.908. The normalized spacial score (nSPS) is 11.3. The zero-order chi connectivity index (χ0) is 13.6. The SMILES string of the molecule is Cc1cscc1Cn1c(N)nc2ccc(F)c(F)c21. The van der Waals surface area contributed by atoms with Crippen LogP contribution in [0.3, 0.4) is 0 Å². The molecule has 0 aliphatic carbocycles. The van der Waals surface area contributed by atoms with E-state index in [0.717, 1.165) is 17.2 Å². The second-order valence-corrected chi connectivity index (χ2v) is 5.11. The standard InChI is InChI=1S/C13H11F2N3S/c1-7-5-19-6-8(7)4-18-12-10(17-13(18)16)3-2-9(14)11(12)15/h2-3,5-6H,4H2,1H3,(H2,16,17). The molecular weight excluding hydrogens is 268 g/mol. The van der Waals surface area contributed by atoms with Crippen LogP contribution in [0.5, 0.6) is 0 Å². The number of nitrogen functional groups attached to an aromatic ring is 1. The number of hydrogen-bond acceptors (Lipinski definition) is 3. The highest BCUT2D eigenvalue weighted by Gasteiger charge is 2.16. The van der Waals surface area contributed by atoms with Crippen LogP contribution in [0.1, 0.15) is 11.1 Å². The number of fused-ring (bicyclic) bond motifs is 1. The van der Waals surface area contributed by atoms with E-state index in [0.29, 0.717) is 12.1 Å². The highest BCUT2D eigenvalue weighted by molar-refractivity contribution is 7.08. The van der Waals surface area contributed by atoms with Gasteiger partial charge in [-0.25, -0.2) is 13.8 Å². The Bertz CT molecular complexity index is 761. The molecular formula is C13H11F2N3S. The number of anilines is 1. The van der Waals surface area contributed by atoms with Crippen molar-refractivity contribution in [3.8, 4) is 0 Å². The Morgan fingerprint density at radius 1 is 1.32 bits per heavy atom. The summed E-state index contributed by atoms with van der Waals surface area (Å²) < 4.78 is 28.8. The van der Waals surface area contributed by atoms with Crippen LogP contribution in [0, 0.1) is 18.6 Å². The number of benzene rings is 1. The highest BCUT2D eigenvalue weighted by atomic mass is 32.1. The maximum absolute atomic E-state index is 13.9. The first-order chi connectivity index (χ1) is 9.08. The molecule has 2 heterocycles. The molecule has 0 aliphatic rings. The van der Waals surface area contributed by atoms with Gasteiger partial charge in [-0.05, 0) is 40.9 Å². The van der Waals surface area contributed by atoms with Crippen molar-refractivity contribution in [2.24, 2.45) is 0 Å². The van der Waals surface area contributed by atoms with Gasteiger partial charge in [0.25, 0.3) is 0 Å². The number of aryl methyl sites for hydroxylation is 1. The Balaban J connectivity index is 2.20. The molecule has 0 bridgehead atoms. The van der Waals surface area contributed by atoms with E-state index in [9.17, 15) is 8.78 Å². The number of hydrogen-bond donors (Lipinski definition) is 1. The van der Waals surface area contributed by atoms with Gasteiger partial charge in [0.2, 0.25) is 5.95 Å². The van der Waals surface area contributed by atoms with E-state index < -0.39 is 11.6 Å². The molecule has 0 aliphatic heterocycles. The second-order valence-electron chi connectivity index (χ2n) is 4.37. The predicted octanol–water partition coefficient (Wildman–Crippen LogP) is 3.31. The summed E-state index contributed by atoms with van der Waals surface area (Å²) >= 11 is 1.56. The van der Waals surface area contributed by atoms with Gasteiger partial charge in [-0.1, -0.05) is 0 Å². The van der Waals surface area contributed by atoms with Crippen LogP contribution < -0.4 is 5.73 Å². The summed E-state index contributed by atoms with van der Waals surface area (Å²) in [5.74, 6) is -1.62. The van der Waals surface area contributed by atoms with E-state index in [4.69, 9.17) is 5.73 Å². The number of rotatable bonds is 2. The molecule has 0 fully saturated rings. The lowest BCUT2D eigenvalue weighted by Crippen LogP contribution is -2.06. The Morgan fingerprint density at radius 2 is 2.11 bits per heavy atom. The van der Waals surface area contributed by atoms with Crippen LogP contribution >= 0.6 is 11.3 Å². The maximum atomic E-state index is 13.9. The molecule has 0 radical (unpaired) electrons. The van der Waals surface area contributed by atoms with Gasteiger partial charge in [-0.2, -0.15) is 11.3 Å². The first-order valence-corrected chi connectivity index (χ1v) is 6.63. The number of nitrogens with zero attached hydrogens (tertiary/aromatic N) is 2. The average molecular weight is 279 g/mol. The quantitative estimate of drug-likeness (QED) is 0.782. The second kappa shape index (κ2) is 4.31. The molecule has 3 aromatic rings. The third-order valence-corrected chi connectivity index (χ3v) is 4.03. The van der Waals surface area contributed by atoms with Gasteiger partial charge < -0.3 is 10.3 Å². The van der Waals surface area contributed by atoms with Crippen LogP contribution in [0.15, 0.2) is 22.9 Å². The highest BCUT2D eigenvalue weighted by Crippen LogP contribution is 2.25. The third-order valence-electron chi connectivity index (χ3n) is 3.12. The van der Waals surface area contributed by atoms with Crippen LogP contribution in [-0.2, 0) is 6.54 Å². The maximum Gasteiger partial charge on any atom is 0.201 e. The third kappa shape index (κ3) is 1.88. The van der Waals surface area contributed by atoms with Crippen molar-refractivity contribution in [1.82, 2.24) is 9.55 Å². The molecule has 6 heteroatoms. The van der Waals surface area contributed by atoms with E-state index in [1.165, 1.54) is 10.6 Å². The van der Waals surface area contributed by atoms with Crippen molar-refractivity contribution >= 4 is 28.3 Å². The Kier molecular flexibility index (Phi) is 2.74. The number of imidazole rings is 1. The zero-order valence-corrected chi connectivity index (χ0v) is 11.0. The minimum absolute atomic E-state index is 0.114. The number of halogens is 2. The van der Waals surface area contributed by atoms with E-state index in [1.54, 1.807) is 11.3 Å². The van der Waals surface area contributed by atoms with Gasteiger partial charge in [0, 0.05) is 0 Å². The van der Waals surface area contributed by atoms with Crippen LogP contribution in [-0.4, -0.2) is 9.55 Å². The van der Waals surface area contributed by atoms with Crippen molar-refractivity contribution in [2.45, 2.75) is 13.5 Å². The van der Waals surface area contributed by atoms with Gasteiger partial charge >= 0.3 is 0 Å². The molecule has 2 N–H and O–H groups in total. The number of nitrogens with two attached hydrogens (primary N) is 1. The number of thiophene rings is 1. The summed E-state index contributed by atoms with van der Waals surface area (Å²) in [4.78, 5) is 4.06. The van der Waals surface area contributed by atoms with Crippen molar-refractivity contribution in [3.63, 3.8) is 0 Å². The van der Waals surface area contributed by atoms with Crippen molar-refractivity contribution in [2.75, 3.05) is 5.73 Å². The van der Waals surface area contributed by atoms with Crippen molar-refractivity contribution < 1.29 is 8.78 Å². The van der Waals surface area contributed by atoms with Crippen molar-refractivity contribution in [3.05, 3.63) is 45.7 Å². The van der Waals surface area contributed by atoms with Gasteiger partial charge in [0.1, 0.15) is 5.52 Å². The molecule has 0 spiro atoms. The lowest BCUT2D eigenvalue weighted by Gasteiger charge is -2.07. The Hall–Kier alpha value is -1.95. The average Bonchev–Trinajstić information content (AvgIpc) is 2.91. The van der Waals surface area contributed by atoms with Gasteiger partial charge in [-0.15, -0.1) is 0 Å². The van der Waals surface area contributed by atoms with Crippen LogP contribution in [0.4, 0.5) is 14.7 Å². The zero-order valence-electron chi connectivity index (χ0n) is 10.2. The minimum Gasteiger partial charge on any atom is -0.369 e. The molecule has 2 aromatic heterocycles. The summed E-state index contributed by atoms with van der Waals surface area (Å²) in [6, 6.07) is 2.49. The predicted molar refractivity (Wildman–Crippen MR) is 72.2 cm³/mol. The molecule has 0 saturated heterocycles. The first-order valence-electron chi connectivity index (χ1n) is 5.69. The van der Waals surface area contributed by atoms with E-state index in [2.05, 4.69) is 4.98 Å². The molecule has 0 saturated carbocycles. The monoisotopic (exact) mass is 279 g/mol. The van der Waals surface area contributed by atoms with E-state index in [1.807, 2.05) is 17.7 Å². The fourth-order valence-electron chi connectivity index (χ4n) is 2.05. The summed E-state index contributed by atoms with van der Waals surface area (Å²) in [7, 11) is 0. The Morgan fingerprint density at radius 3 is 2.79 bits per heavy atom. The molecule has 0 unspecified atom stereocenters. The molecule has 19 heavy (non-hydrogen) atoms. The van der Waals surface area contributed by atoms with Gasteiger partial charge in [0.15, 0.2) is 11.6 Å². The molecule has 0 amide bonds. The van der Waals surface area contributed by atoms with Gasteiger partial charge in [0.05, 0.1) is 12.1 Å². The van der Waals surface area contributed by atoms with Crippen LogP contribution in [0.2, 0.25) is 0 Å². The smallest absolute Gasteiger partial charge is 0.201 e. The fourth-order valence-corrected chi connectivity index (χ4v) is 2.90. The lowest BCUT2D eigenvalue weighted by molar-refractivity contribution is 0.512. The summed E-state index contributed by atoms with van der Waals surface area (Å²) in [6.07, 6.45) is 0. The number of aromatic nitrogens is 2. The topological polar surface area (TPSA) is 43.8 Å².